The van der Waals surface area contributed by atoms with Crippen LogP contribution in [0.4, 0.5) is 5.69 Å². The molecule has 0 saturated carbocycles. The van der Waals surface area contributed by atoms with Gasteiger partial charge in [-0.15, -0.1) is 0 Å². The molecule has 0 aromatic heterocycles. The van der Waals surface area contributed by atoms with E-state index in [1.807, 2.05) is 41.3 Å². The first-order chi connectivity index (χ1) is 11.7. The summed E-state index contributed by atoms with van der Waals surface area (Å²) in [4.78, 5) is 28.7. The summed E-state index contributed by atoms with van der Waals surface area (Å²) < 4.78 is 0. The SMILES string of the molecule is O=C(CC(=O)N1CCc2ccccc21)N1CCc2ccccc2C1. The fourth-order valence-corrected chi connectivity index (χ4v) is 3.64. The third kappa shape index (κ3) is 2.68. The predicted molar refractivity (Wildman–Crippen MR) is 92.7 cm³/mol. The lowest BCUT2D eigenvalue weighted by Gasteiger charge is -2.29. The summed E-state index contributed by atoms with van der Waals surface area (Å²) in [6.45, 7) is 1.98. The minimum Gasteiger partial charge on any atom is -0.338 e. The molecule has 2 amide bonds. The average molecular weight is 320 g/mol. The smallest absolute Gasteiger partial charge is 0.236 e. The van der Waals surface area contributed by atoms with Crippen molar-refractivity contribution in [1.82, 2.24) is 4.90 Å². The Labute approximate surface area is 141 Å². The zero-order chi connectivity index (χ0) is 16.5. The minimum atomic E-state index is -0.0937. The highest BCUT2D eigenvalue weighted by atomic mass is 16.2. The number of nitrogens with zero attached hydrogens (tertiary/aromatic N) is 2. The molecule has 4 nitrogen and oxygen atoms in total. The number of carbonyl (C=O) groups excluding carboxylic acids is 2. The molecule has 4 rings (SSSR count). The molecule has 0 spiro atoms. The molecule has 0 bridgehead atoms. The Bertz CT molecular complexity index is 800. The third-order valence-electron chi connectivity index (χ3n) is 4.97. The van der Waals surface area contributed by atoms with Gasteiger partial charge in [-0.3, -0.25) is 9.59 Å². The van der Waals surface area contributed by atoms with Gasteiger partial charge in [-0.05, 0) is 35.6 Å². The maximum atomic E-state index is 12.6. The molecule has 24 heavy (non-hydrogen) atoms. The topological polar surface area (TPSA) is 40.6 Å². The fraction of sp³-hybridized carbons (Fsp3) is 0.300. The van der Waals surface area contributed by atoms with Crippen LogP contribution in [-0.2, 0) is 29.0 Å². The van der Waals surface area contributed by atoms with Crippen LogP contribution in [0.2, 0.25) is 0 Å². The van der Waals surface area contributed by atoms with Crippen molar-refractivity contribution in [1.29, 1.82) is 0 Å². The van der Waals surface area contributed by atoms with Crippen molar-refractivity contribution in [3.05, 3.63) is 65.2 Å². The van der Waals surface area contributed by atoms with Crippen LogP contribution >= 0.6 is 0 Å². The van der Waals surface area contributed by atoms with Gasteiger partial charge in [0, 0.05) is 25.3 Å². The monoisotopic (exact) mass is 320 g/mol. The molecule has 0 unspecified atom stereocenters. The van der Waals surface area contributed by atoms with Crippen molar-refractivity contribution >= 4 is 17.5 Å². The molecule has 2 heterocycles. The fourth-order valence-electron chi connectivity index (χ4n) is 3.64. The van der Waals surface area contributed by atoms with E-state index in [1.54, 1.807) is 4.90 Å². The van der Waals surface area contributed by atoms with E-state index in [4.69, 9.17) is 0 Å². The molecule has 2 aromatic carbocycles. The lowest BCUT2D eigenvalue weighted by Crippen LogP contribution is -2.40. The maximum Gasteiger partial charge on any atom is 0.236 e. The molecule has 0 fully saturated rings. The molecule has 122 valence electrons. The Kier molecular flexibility index (Phi) is 3.81. The number of rotatable bonds is 2. The number of amides is 2. The van der Waals surface area contributed by atoms with E-state index in [1.165, 1.54) is 16.7 Å². The zero-order valence-electron chi connectivity index (χ0n) is 13.6. The third-order valence-corrected chi connectivity index (χ3v) is 4.97. The van der Waals surface area contributed by atoms with Crippen molar-refractivity contribution in [2.24, 2.45) is 0 Å². The number of fused-ring (bicyclic) bond motifs is 2. The quantitative estimate of drug-likeness (QED) is 0.798. The van der Waals surface area contributed by atoms with E-state index in [2.05, 4.69) is 12.1 Å². The lowest BCUT2D eigenvalue weighted by molar-refractivity contribution is -0.136. The van der Waals surface area contributed by atoms with Crippen LogP contribution in [-0.4, -0.2) is 29.8 Å². The summed E-state index contributed by atoms with van der Waals surface area (Å²) in [6.07, 6.45) is 1.69. The Balaban J connectivity index is 1.43. The van der Waals surface area contributed by atoms with E-state index in [-0.39, 0.29) is 18.2 Å². The first-order valence-electron chi connectivity index (χ1n) is 8.45. The molecule has 0 N–H and O–H groups in total. The van der Waals surface area contributed by atoms with Crippen LogP contribution in [0.3, 0.4) is 0 Å². The summed E-state index contributed by atoms with van der Waals surface area (Å²) in [5.41, 5.74) is 4.64. The van der Waals surface area contributed by atoms with Gasteiger partial charge >= 0.3 is 0 Å². The normalized spacial score (nSPS) is 15.8. The van der Waals surface area contributed by atoms with Gasteiger partial charge in [0.1, 0.15) is 6.42 Å². The van der Waals surface area contributed by atoms with Crippen molar-refractivity contribution in [2.75, 3.05) is 18.0 Å². The van der Waals surface area contributed by atoms with Crippen LogP contribution in [0.1, 0.15) is 23.1 Å². The molecule has 2 aliphatic rings. The van der Waals surface area contributed by atoms with Crippen LogP contribution in [0.25, 0.3) is 0 Å². The van der Waals surface area contributed by atoms with E-state index in [0.29, 0.717) is 19.6 Å². The molecule has 0 saturated heterocycles. The molecule has 4 heteroatoms. The van der Waals surface area contributed by atoms with Crippen LogP contribution in [0, 0.1) is 0 Å². The average Bonchev–Trinajstić information content (AvgIpc) is 3.05. The summed E-state index contributed by atoms with van der Waals surface area (Å²) >= 11 is 0. The molecular formula is C20H20N2O2. The van der Waals surface area contributed by atoms with Gasteiger partial charge in [-0.25, -0.2) is 0 Å². The highest BCUT2D eigenvalue weighted by molar-refractivity contribution is 6.06. The largest absolute Gasteiger partial charge is 0.338 e. The van der Waals surface area contributed by atoms with Gasteiger partial charge < -0.3 is 9.80 Å². The highest BCUT2D eigenvalue weighted by Crippen LogP contribution is 2.28. The molecule has 0 radical (unpaired) electrons. The van der Waals surface area contributed by atoms with Crippen LogP contribution in [0.5, 0.6) is 0 Å². The van der Waals surface area contributed by atoms with Crippen LogP contribution < -0.4 is 4.90 Å². The van der Waals surface area contributed by atoms with Gasteiger partial charge in [0.25, 0.3) is 0 Å². The number of hydrogen-bond acceptors (Lipinski definition) is 2. The van der Waals surface area contributed by atoms with E-state index in [0.717, 1.165) is 18.5 Å². The highest BCUT2D eigenvalue weighted by Gasteiger charge is 2.28. The number of anilines is 1. The Hall–Kier alpha value is -2.62. The molecule has 0 atom stereocenters. The standard InChI is InChI=1S/C20H20N2O2/c23-19(21-11-9-15-5-1-2-7-17(15)14-21)13-20(24)22-12-10-16-6-3-4-8-18(16)22/h1-8H,9-14H2. The number of para-hydroxylation sites is 1. The Morgan fingerprint density at radius 2 is 1.46 bits per heavy atom. The van der Waals surface area contributed by atoms with Crippen LogP contribution in [0.15, 0.2) is 48.5 Å². The second kappa shape index (κ2) is 6.11. The number of benzene rings is 2. The first kappa shape index (κ1) is 14.9. The number of hydrogen-bond donors (Lipinski definition) is 0. The summed E-state index contributed by atoms with van der Waals surface area (Å²) in [5, 5.41) is 0. The summed E-state index contributed by atoms with van der Waals surface area (Å²) in [7, 11) is 0. The lowest BCUT2D eigenvalue weighted by atomic mass is 10.00. The van der Waals surface area contributed by atoms with Crippen molar-refractivity contribution < 1.29 is 9.59 Å². The van der Waals surface area contributed by atoms with Gasteiger partial charge in [0.15, 0.2) is 0 Å². The Morgan fingerprint density at radius 1 is 0.792 bits per heavy atom. The van der Waals surface area contributed by atoms with Crippen molar-refractivity contribution in [3.63, 3.8) is 0 Å². The minimum absolute atomic E-state index is 0.0451. The van der Waals surface area contributed by atoms with Crippen molar-refractivity contribution in [2.45, 2.75) is 25.8 Å². The Morgan fingerprint density at radius 3 is 2.29 bits per heavy atom. The van der Waals surface area contributed by atoms with Gasteiger partial charge in [0.05, 0.1) is 0 Å². The second-order valence-corrected chi connectivity index (χ2v) is 6.43. The summed E-state index contributed by atoms with van der Waals surface area (Å²) in [6, 6.07) is 16.1. The zero-order valence-corrected chi connectivity index (χ0v) is 13.6. The predicted octanol–water partition coefficient (Wildman–Crippen LogP) is 2.55. The first-order valence-corrected chi connectivity index (χ1v) is 8.45. The van der Waals surface area contributed by atoms with E-state index in [9.17, 15) is 9.59 Å². The van der Waals surface area contributed by atoms with Gasteiger partial charge in [-0.2, -0.15) is 0 Å². The van der Waals surface area contributed by atoms with Crippen molar-refractivity contribution in [3.8, 4) is 0 Å². The van der Waals surface area contributed by atoms with Gasteiger partial charge in [-0.1, -0.05) is 42.5 Å². The molecule has 2 aliphatic heterocycles. The second-order valence-electron chi connectivity index (χ2n) is 6.43. The molecule has 0 aliphatic carbocycles. The number of carbonyl (C=O) groups is 2. The maximum absolute atomic E-state index is 12.6. The van der Waals surface area contributed by atoms with Gasteiger partial charge in [0.2, 0.25) is 11.8 Å². The van der Waals surface area contributed by atoms with E-state index >= 15 is 0 Å². The molecule has 2 aromatic rings. The van der Waals surface area contributed by atoms with E-state index < -0.39 is 0 Å². The molecular weight excluding hydrogens is 300 g/mol. The summed E-state index contributed by atoms with van der Waals surface area (Å²) in [5.74, 6) is -0.164.